The molecule has 0 saturated carbocycles. The van der Waals surface area contributed by atoms with Crippen LogP contribution >= 0.6 is 11.6 Å². The molecule has 194 valence electrons. The predicted molar refractivity (Wildman–Crippen MR) is 138 cm³/mol. The summed E-state index contributed by atoms with van der Waals surface area (Å²) in [5.74, 6) is -2.19. The minimum atomic E-state index is -4.39. The van der Waals surface area contributed by atoms with E-state index in [2.05, 4.69) is 4.98 Å². The van der Waals surface area contributed by atoms with Crippen LogP contribution in [0, 0.1) is 17.5 Å². The van der Waals surface area contributed by atoms with Crippen molar-refractivity contribution in [3.8, 4) is 0 Å². The number of benzene rings is 3. The van der Waals surface area contributed by atoms with E-state index in [0.29, 0.717) is 29.0 Å². The van der Waals surface area contributed by atoms with Crippen molar-refractivity contribution in [1.82, 2.24) is 9.55 Å². The molecule has 4 rings (SSSR count). The van der Waals surface area contributed by atoms with Crippen LogP contribution in [-0.2, 0) is 16.4 Å². The SMILES string of the molecule is CC(CCc1cc(F)ccc1[C@@H](C)N(c1cc(F)ccc1F)S(=O)(=O)c1ccc(Cl)cc1)n1ccnc1. The number of rotatable bonds is 9. The van der Waals surface area contributed by atoms with Gasteiger partial charge < -0.3 is 4.57 Å². The Bertz CT molecular complexity index is 1480. The second-order valence-corrected chi connectivity index (χ2v) is 11.0. The lowest BCUT2D eigenvalue weighted by atomic mass is 9.96. The van der Waals surface area contributed by atoms with Gasteiger partial charge in [0, 0.05) is 29.5 Å². The van der Waals surface area contributed by atoms with Gasteiger partial charge >= 0.3 is 0 Å². The Kier molecular flexibility index (Phi) is 7.94. The number of halogens is 4. The third kappa shape index (κ3) is 5.83. The number of hydrogen-bond acceptors (Lipinski definition) is 3. The van der Waals surface area contributed by atoms with E-state index in [1.54, 1.807) is 19.4 Å². The maximum absolute atomic E-state index is 15.0. The molecule has 0 spiro atoms. The van der Waals surface area contributed by atoms with E-state index < -0.39 is 39.2 Å². The molecule has 3 aromatic carbocycles. The van der Waals surface area contributed by atoms with Gasteiger partial charge in [0.2, 0.25) is 0 Å². The first kappa shape index (κ1) is 26.8. The predicted octanol–water partition coefficient (Wildman–Crippen LogP) is 7.10. The highest BCUT2D eigenvalue weighted by Crippen LogP contribution is 2.37. The van der Waals surface area contributed by atoms with Gasteiger partial charge in [-0.25, -0.2) is 26.6 Å². The van der Waals surface area contributed by atoms with E-state index >= 15 is 4.39 Å². The van der Waals surface area contributed by atoms with Crippen molar-refractivity contribution in [2.45, 2.75) is 43.7 Å². The Hall–Kier alpha value is -3.30. The molecule has 2 atom stereocenters. The van der Waals surface area contributed by atoms with Gasteiger partial charge in [-0.1, -0.05) is 17.7 Å². The highest BCUT2D eigenvalue weighted by Gasteiger charge is 2.33. The van der Waals surface area contributed by atoms with Crippen LogP contribution in [0.1, 0.15) is 43.5 Å². The number of hydrogen-bond donors (Lipinski definition) is 0. The number of aromatic nitrogens is 2. The van der Waals surface area contributed by atoms with Crippen LogP contribution in [0.4, 0.5) is 18.9 Å². The highest BCUT2D eigenvalue weighted by atomic mass is 35.5. The van der Waals surface area contributed by atoms with Crippen molar-refractivity contribution >= 4 is 27.3 Å². The van der Waals surface area contributed by atoms with Gasteiger partial charge in [0.25, 0.3) is 10.0 Å². The second kappa shape index (κ2) is 11.0. The molecule has 4 aromatic rings. The second-order valence-electron chi connectivity index (χ2n) is 8.77. The van der Waals surface area contributed by atoms with Crippen LogP contribution in [0.3, 0.4) is 0 Å². The van der Waals surface area contributed by atoms with Gasteiger partial charge in [0.05, 0.1) is 23.0 Å². The lowest BCUT2D eigenvalue weighted by Crippen LogP contribution is -2.35. The molecule has 37 heavy (non-hydrogen) atoms. The molecule has 1 unspecified atom stereocenters. The highest BCUT2D eigenvalue weighted by molar-refractivity contribution is 7.92. The van der Waals surface area contributed by atoms with Gasteiger partial charge in [0.15, 0.2) is 0 Å². The first-order chi connectivity index (χ1) is 17.6. The number of nitrogens with zero attached hydrogens (tertiary/aromatic N) is 3. The van der Waals surface area contributed by atoms with E-state index in [1.807, 2.05) is 17.7 Å². The number of sulfonamides is 1. The first-order valence-electron chi connectivity index (χ1n) is 11.6. The van der Waals surface area contributed by atoms with Crippen molar-refractivity contribution in [3.05, 3.63) is 113 Å². The maximum atomic E-state index is 15.0. The fraction of sp³-hybridized carbons (Fsp3) is 0.222. The molecule has 0 fully saturated rings. The van der Waals surface area contributed by atoms with Crippen LogP contribution in [0.5, 0.6) is 0 Å². The molecule has 0 aliphatic carbocycles. The lowest BCUT2D eigenvalue weighted by Gasteiger charge is -2.32. The minimum Gasteiger partial charge on any atom is -0.335 e. The number of imidazole rings is 1. The Morgan fingerprint density at radius 3 is 2.32 bits per heavy atom. The van der Waals surface area contributed by atoms with Crippen molar-refractivity contribution in [2.24, 2.45) is 0 Å². The summed E-state index contributed by atoms with van der Waals surface area (Å²) >= 11 is 5.94. The summed E-state index contributed by atoms with van der Waals surface area (Å²) in [4.78, 5) is 3.90. The van der Waals surface area contributed by atoms with Crippen molar-refractivity contribution in [1.29, 1.82) is 0 Å². The van der Waals surface area contributed by atoms with Crippen LogP contribution in [0.25, 0.3) is 0 Å². The fourth-order valence-corrected chi connectivity index (χ4v) is 6.05. The summed E-state index contributed by atoms with van der Waals surface area (Å²) in [6.07, 6.45) is 6.20. The summed E-state index contributed by atoms with van der Waals surface area (Å²) < 4.78 is 74.0. The van der Waals surface area contributed by atoms with E-state index in [-0.39, 0.29) is 10.9 Å². The maximum Gasteiger partial charge on any atom is 0.264 e. The number of aryl methyl sites for hydroxylation is 1. The van der Waals surface area contributed by atoms with Crippen LogP contribution < -0.4 is 4.31 Å². The van der Waals surface area contributed by atoms with Crippen LogP contribution in [0.15, 0.2) is 84.3 Å². The zero-order chi connectivity index (χ0) is 26.7. The molecule has 0 bridgehead atoms. The molecule has 5 nitrogen and oxygen atoms in total. The summed E-state index contributed by atoms with van der Waals surface area (Å²) in [6.45, 7) is 3.55. The Morgan fingerprint density at radius 1 is 0.973 bits per heavy atom. The normalized spacial score (nSPS) is 13.4. The summed E-state index contributed by atoms with van der Waals surface area (Å²) in [7, 11) is -4.39. The minimum absolute atomic E-state index is 0.0449. The topological polar surface area (TPSA) is 55.2 Å². The zero-order valence-electron chi connectivity index (χ0n) is 20.2. The largest absolute Gasteiger partial charge is 0.335 e. The molecule has 10 heteroatoms. The zero-order valence-corrected chi connectivity index (χ0v) is 21.7. The van der Waals surface area contributed by atoms with Gasteiger partial charge in [0.1, 0.15) is 17.5 Å². The molecule has 0 saturated heterocycles. The smallest absolute Gasteiger partial charge is 0.264 e. The quantitative estimate of drug-likeness (QED) is 0.224. The Balaban J connectivity index is 1.79. The van der Waals surface area contributed by atoms with Crippen molar-refractivity contribution in [2.75, 3.05) is 4.31 Å². The molecule has 0 aliphatic heterocycles. The van der Waals surface area contributed by atoms with E-state index in [4.69, 9.17) is 11.6 Å². The summed E-state index contributed by atoms with van der Waals surface area (Å²) in [5, 5.41) is 0.323. The molecule has 0 aliphatic rings. The van der Waals surface area contributed by atoms with E-state index in [1.165, 1.54) is 42.5 Å². The average Bonchev–Trinajstić information content (AvgIpc) is 3.40. The third-order valence-electron chi connectivity index (χ3n) is 6.29. The Morgan fingerprint density at radius 2 is 1.65 bits per heavy atom. The van der Waals surface area contributed by atoms with Gasteiger partial charge in [-0.15, -0.1) is 0 Å². The van der Waals surface area contributed by atoms with Gasteiger partial charge in [-0.05, 0) is 86.3 Å². The lowest BCUT2D eigenvalue weighted by molar-refractivity contribution is 0.503. The molecule has 1 aromatic heterocycles. The van der Waals surface area contributed by atoms with Gasteiger partial charge in [-0.2, -0.15) is 0 Å². The van der Waals surface area contributed by atoms with Crippen LogP contribution in [-0.4, -0.2) is 18.0 Å². The van der Waals surface area contributed by atoms with Crippen LogP contribution in [0.2, 0.25) is 5.02 Å². The van der Waals surface area contributed by atoms with E-state index in [0.717, 1.165) is 22.5 Å². The molecule has 0 amide bonds. The van der Waals surface area contributed by atoms with E-state index in [9.17, 15) is 17.2 Å². The van der Waals surface area contributed by atoms with Crippen molar-refractivity contribution in [3.63, 3.8) is 0 Å². The van der Waals surface area contributed by atoms with Gasteiger partial charge in [-0.3, -0.25) is 4.31 Å². The average molecular weight is 548 g/mol. The first-order valence-corrected chi connectivity index (χ1v) is 13.4. The third-order valence-corrected chi connectivity index (χ3v) is 8.44. The summed E-state index contributed by atoms with van der Waals surface area (Å²) in [5.41, 5.74) is 0.581. The van der Waals surface area contributed by atoms with Crippen molar-refractivity contribution < 1.29 is 21.6 Å². The Labute approximate surface area is 219 Å². The summed E-state index contributed by atoms with van der Waals surface area (Å²) in [6, 6.07) is 11.1. The molecule has 0 radical (unpaired) electrons. The standard InChI is InChI=1S/C27H25ClF3N3O2S/c1-18(33-14-13-32-17-33)3-4-20-15-22(29)7-11-25(20)19(2)34(27-16-23(30)8-12-26(27)31)37(35,36)24-9-5-21(28)6-10-24/h5-19H,3-4H2,1-2H3/t18?,19-/m1/s1. The number of anilines is 1. The monoisotopic (exact) mass is 547 g/mol. The molecule has 1 heterocycles. The molecular formula is C27H25ClF3N3O2S. The molecular weight excluding hydrogens is 523 g/mol. The molecule has 0 N–H and O–H groups in total. The fourth-order valence-electron chi connectivity index (χ4n) is 4.29.